The lowest BCUT2D eigenvalue weighted by atomic mass is 9.78. The second-order valence-electron chi connectivity index (χ2n) is 4.94. The number of hydrogen-bond acceptors (Lipinski definition) is 1. The van der Waals surface area contributed by atoms with Crippen LogP contribution in [-0.4, -0.2) is 9.55 Å². The number of aryl methyl sites for hydroxylation is 1. The normalized spacial score (nSPS) is 31.8. The Kier molecular flexibility index (Phi) is 3.01. The van der Waals surface area contributed by atoms with Gasteiger partial charge in [-0.05, 0) is 37.4 Å². The van der Waals surface area contributed by atoms with Gasteiger partial charge in [-0.1, -0.05) is 26.7 Å². The molecule has 15 heavy (non-hydrogen) atoms. The molecule has 3 atom stereocenters. The van der Waals surface area contributed by atoms with E-state index in [1.807, 2.05) is 6.20 Å². The number of imidazole rings is 1. The molecule has 0 saturated heterocycles. The Hall–Kier alpha value is -0.570. The number of nitrogens with one attached hydrogen (secondary N) is 1. The third kappa shape index (κ3) is 1.89. The zero-order valence-electron chi connectivity index (χ0n) is 9.79. The lowest BCUT2D eigenvalue weighted by Gasteiger charge is -2.35. The molecule has 1 saturated carbocycles. The first-order valence-corrected chi connectivity index (χ1v) is 6.28. The van der Waals surface area contributed by atoms with E-state index in [1.54, 1.807) is 0 Å². The van der Waals surface area contributed by atoms with Crippen LogP contribution in [0.4, 0.5) is 0 Å². The van der Waals surface area contributed by atoms with Crippen molar-refractivity contribution in [3.05, 3.63) is 16.7 Å². The van der Waals surface area contributed by atoms with Gasteiger partial charge in [0.1, 0.15) is 0 Å². The Bertz CT molecular complexity index is 391. The highest BCUT2D eigenvalue weighted by atomic mass is 32.1. The molecule has 0 aromatic carbocycles. The Morgan fingerprint density at radius 3 is 2.73 bits per heavy atom. The van der Waals surface area contributed by atoms with Crippen molar-refractivity contribution in [1.29, 1.82) is 0 Å². The number of nitrogens with zero attached hydrogens (tertiary/aromatic N) is 1. The van der Waals surface area contributed by atoms with Crippen molar-refractivity contribution in [2.45, 2.75) is 46.1 Å². The van der Waals surface area contributed by atoms with Crippen molar-refractivity contribution in [3.63, 3.8) is 0 Å². The largest absolute Gasteiger partial charge is 0.337 e. The quantitative estimate of drug-likeness (QED) is 0.719. The molecule has 1 N–H and O–H groups in total. The molecule has 0 radical (unpaired) electrons. The molecule has 2 nitrogen and oxygen atoms in total. The van der Waals surface area contributed by atoms with Gasteiger partial charge < -0.3 is 9.55 Å². The van der Waals surface area contributed by atoms with Crippen LogP contribution < -0.4 is 0 Å². The van der Waals surface area contributed by atoms with Gasteiger partial charge in [0.2, 0.25) is 0 Å². The molecule has 0 amide bonds. The molecule has 1 aliphatic carbocycles. The fourth-order valence-electron chi connectivity index (χ4n) is 2.80. The molecule has 0 bridgehead atoms. The maximum atomic E-state index is 5.35. The Labute approximate surface area is 96.7 Å². The molecule has 1 aromatic rings. The summed E-state index contributed by atoms with van der Waals surface area (Å²) in [5.41, 5.74) is 1.27. The lowest BCUT2D eigenvalue weighted by Crippen LogP contribution is -2.27. The number of H-pyrrole nitrogens is 1. The van der Waals surface area contributed by atoms with Crippen LogP contribution in [0.15, 0.2) is 6.20 Å². The first kappa shape index (κ1) is 10.9. The van der Waals surface area contributed by atoms with Crippen molar-refractivity contribution in [2.24, 2.45) is 11.8 Å². The van der Waals surface area contributed by atoms with Crippen LogP contribution in [0.2, 0.25) is 0 Å². The molecule has 3 unspecified atom stereocenters. The number of aromatic amines is 1. The van der Waals surface area contributed by atoms with Crippen LogP contribution in [0.5, 0.6) is 0 Å². The minimum absolute atomic E-state index is 0.604. The van der Waals surface area contributed by atoms with Gasteiger partial charge in [-0.2, -0.15) is 0 Å². The Morgan fingerprint density at radius 1 is 1.40 bits per heavy atom. The van der Waals surface area contributed by atoms with Crippen LogP contribution in [0, 0.1) is 23.5 Å². The van der Waals surface area contributed by atoms with E-state index in [0.29, 0.717) is 6.04 Å². The molecule has 0 aliphatic heterocycles. The van der Waals surface area contributed by atoms with E-state index in [0.717, 1.165) is 16.6 Å². The molecule has 2 rings (SSSR count). The molecular formula is C12H20N2S. The van der Waals surface area contributed by atoms with E-state index in [-0.39, 0.29) is 0 Å². The fourth-order valence-corrected chi connectivity index (χ4v) is 3.13. The monoisotopic (exact) mass is 224 g/mol. The van der Waals surface area contributed by atoms with Crippen molar-refractivity contribution in [2.75, 3.05) is 0 Å². The van der Waals surface area contributed by atoms with Gasteiger partial charge in [0.15, 0.2) is 4.77 Å². The summed E-state index contributed by atoms with van der Waals surface area (Å²) in [6.07, 6.45) is 6.00. The molecule has 84 valence electrons. The summed E-state index contributed by atoms with van der Waals surface area (Å²) < 4.78 is 3.20. The standard InChI is InChI=1S/C12H20N2S/c1-8-5-4-6-11(10(8)3)14-9(2)7-13-12(14)15/h7-8,10-11H,4-6H2,1-3H3,(H,13,15). The van der Waals surface area contributed by atoms with Crippen LogP contribution >= 0.6 is 12.2 Å². The van der Waals surface area contributed by atoms with Gasteiger partial charge in [-0.25, -0.2) is 0 Å². The second kappa shape index (κ2) is 4.12. The number of rotatable bonds is 1. The van der Waals surface area contributed by atoms with Crippen LogP contribution in [0.3, 0.4) is 0 Å². The molecule has 3 heteroatoms. The minimum Gasteiger partial charge on any atom is -0.337 e. The van der Waals surface area contributed by atoms with E-state index in [2.05, 4.69) is 30.3 Å². The molecule has 1 fully saturated rings. The minimum atomic E-state index is 0.604. The zero-order chi connectivity index (χ0) is 11.0. The van der Waals surface area contributed by atoms with Gasteiger partial charge in [0.05, 0.1) is 0 Å². The molecule has 1 aromatic heterocycles. The summed E-state index contributed by atoms with van der Waals surface area (Å²) in [5.74, 6) is 1.56. The van der Waals surface area contributed by atoms with E-state index in [9.17, 15) is 0 Å². The third-order valence-electron chi connectivity index (χ3n) is 4.00. The van der Waals surface area contributed by atoms with Gasteiger partial charge in [0.25, 0.3) is 0 Å². The predicted molar refractivity (Wildman–Crippen MR) is 65.6 cm³/mol. The van der Waals surface area contributed by atoms with Crippen LogP contribution in [0.25, 0.3) is 0 Å². The highest BCUT2D eigenvalue weighted by Gasteiger charge is 2.29. The summed E-state index contributed by atoms with van der Waals surface area (Å²) in [6, 6.07) is 0.604. The number of aromatic nitrogens is 2. The Morgan fingerprint density at radius 2 is 2.13 bits per heavy atom. The van der Waals surface area contributed by atoms with Crippen LogP contribution in [0.1, 0.15) is 44.8 Å². The van der Waals surface area contributed by atoms with Gasteiger partial charge in [-0.3, -0.25) is 0 Å². The zero-order valence-corrected chi connectivity index (χ0v) is 10.6. The highest BCUT2D eigenvalue weighted by Crippen LogP contribution is 2.38. The summed E-state index contributed by atoms with van der Waals surface area (Å²) in [6.45, 7) is 6.86. The molecular weight excluding hydrogens is 204 g/mol. The average Bonchev–Trinajstić information content (AvgIpc) is 2.52. The van der Waals surface area contributed by atoms with Crippen molar-refractivity contribution in [1.82, 2.24) is 9.55 Å². The maximum absolute atomic E-state index is 5.35. The van der Waals surface area contributed by atoms with Crippen molar-refractivity contribution >= 4 is 12.2 Å². The van der Waals surface area contributed by atoms with Crippen molar-refractivity contribution in [3.8, 4) is 0 Å². The average molecular weight is 224 g/mol. The SMILES string of the molecule is Cc1c[nH]c(=S)n1C1CCCC(C)C1C. The van der Waals surface area contributed by atoms with E-state index in [4.69, 9.17) is 12.2 Å². The summed E-state index contributed by atoms with van der Waals surface area (Å²) in [7, 11) is 0. The first-order chi connectivity index (χ1) is 7.11. The smallest absolute Gasteiger partial charge is 0.177 e. The third-order valence-corrected chi connectivity index (χ3v) is 4.31. The maximum Gasteiger partial charge on any atom is 0.177 e. The summed E-state index contributed by atoms with van der Waals surface area (Å²) >= 11 is 5.35. The van der Waals surface area contributed by atoms with Crippen LogP contribution in [-0.2, 0) is 0 Å². The fraction of sp³-hybridized carbons (Fsp3) is 0.750. The van der Waals surface area contributed by atoms with E-state index >= 15 is 0 Å². The van der Waals surface area contributed by atoms with Gasteiger partial charge in [-0.15, -0.1) is 0 Å². The second-order valence-corrected chi connectivity index (χ2v) is 5.33. The van der Waals surface area contributed by atoms with E-state index in [1.165, 1.54) is 25.0 Å². The first-order valence-electron chi connectivity index (χ1n) is 5.87. The molecule has 0 spiro atoms. The molecule has 1 aliphatic rings. The topological polar surface area (TPSA) is 20.7 Å². The van der Waals surface area contributed by atoms with Gasteiger partial charge in [0, 0.05) is 17.9 Å². The highest BCUT2D eigenvalue weighted by molar-refractivity contribution is 7.71. The molecule has 1 heterocycles. The van der Waals surface area contributed by atoms with Crippen molar-refractivity contribution < 1.29 is 0 Å². The van der Waals surface area contributed by atoms with E-state index < -0.39 is 0 Å². The lowest BCUT2D eigenvalue weighted by molar-refractivity contribution is 0.183. The summed E-state index contributed by atoms with van der Waals surface area (Å²) in [4.78, 5) is 3.15. The van der Waals surface area contributed by atoms with Gasteiger partial charge >= 0.3 is 0 Å². The predicted octanol–water partition coefficient (Wildman–Crippen LogP) is 3.85. The number of hydrogen-bond donors (Lipinski definition) is 1. The summed E-state index contributed by atoms with van der Waals surface area (Å²) in [5, 5.41) is 0. The Balaban J connectivity index is 2.34.